The van der Waals surface area contributed by atoms with Crippen LogP contribution in [0.2, 0.25) is 5.02 Å². The van der Waals surface area contributed by atoms with Gasteiger partial charge >= 0.3 is 0 Å². The molecule has 0 spiro atoms. The summed E-state index contributed by atoms with van der Waals surface area (Å²) in [4.78, 5) is 0. The van der Waals surface area contributed by atoms with E-state index in [1.165, 1.54) is 31.4 Å². The van der Waals surface area contributed by atoms with Crippen LogP contribution in [0.3, 0.4) is 0 Å². The van der Waals surface area contributed by atoms with E-state index in [1.54, 1.807) is 6.20 Å². The topological polar surface area (TPSA) is 43.8 Å². The largest absolute Gasteiger partial charge is 0.330 e. The predicted molar refractivity (Wildman–Crippen MR) is 71.3 cm³/mol. The molecule has 0 radical (unpaired) electrons. The van der Waals surface area contributed by atoms with Gasteiger partial charge in [0.1, 0.15) is 0 Å². The zero-order chi connectivity index (χ0) is 12.3. The van der Waals surface area contributed by atoms with Crippen LogP contribution in [0.4, 0.5) is 0 Å². The van der Waals surface area contributed by atoms with E-state index in [0.29, 0.717) is 11.8 Å². The number of aryl methyl sites for hydroxylation is 1. The lowest BCUT2D eigenvalue weighted by Crippen LogP contribution is -2.27. The van der Waals surface area contributed by atoms with Gasteiger partial charge in [-0.3, -0.25) is 4.68 Å². The van der Waals surface area contributed by atoms with Gasteiger partial charge in [0, 0.05) is 12.5 Å². The van der Waals surface area contributed by atoms with Gasteiger partial charge in [0.2, 0.25) is 0 Å². The number of hydrogen-bond acceptors (Lipinski definition) is 2. The summed E-state index contributed by atoms with van der Waals surface area (Å²) < 4.78 is 2.08. The van der Waals surface area contributed by atoms with E-state index in [1.807, 2.05) is 0 Å². The van der Waals surface area contributed by atoms with Crippen molar-refractivity contribution in [1.82, 2.24) is 9.78 Å². The fraction of sp³-hybridized carbons (Fsp3) is 0.769. The molecular formula is C13H22ClN3. The van der Waals surface area contributed by atoms with Crippen LogP contribution in [0.25, 0.3) is 0 Å². The van der Waals surface area contributed by atoms with Crippen molar-refractivity contribution in [2.75, 3.05) is 6.54 Å². The highest BCUT2D eigenvalue weighted by molar-refractivity contribution is 6.31. The summed E-state index contributed by atoms with van der Waals surface area (Å²) in [5, 5.41) is 5.22. The Morgan fingerprint density at radius 3 is 2.94 bits per heavy atom. The highest BCUT2D eigenvalue weighted by Gasteiger charge is 2.29. The van der Waals surface area contributed by atoms with E-state index in [-0.39, 0.29) is 0 Å². The number of hydrogen-bond donors (Lipinski definition) is 1. The molecule has 0 saturated heterocycles. The van der Waals surface area contributed by atoms with Gasteiger partial charge in [0.25, 0.3) is 0 Å². The Hall–Kier alpha value is -0.540. The first-order valence-electron chi connectivity index (χ1n) is 6.69. The summed E-state index contributed by atoms with van der Waals surface area (Å²) in [6.45, 7) is 3.88. The Morgan fingerprint density at radius 1 is 1.47 bits per heavy atom. The van der Waals surface area contributed by atoms with Crippen molar-refractivity contribution in [3.05, 3.63) is 16.9 Å². The second kappa shape index (κ2) is 5.87. The van der Waals surface area contributed by atoms with E-state index in [9.17, 15) is 0 Å². The summed E-state index contributed by atoms with van der Waals surface area (Å²) in [5.74, 6) is 1.09. The van der Waals surface area contributed by atoms with Crippen LogP contribution in [0.5, 0.6) is 0 Å². The molecule has 1 aliphatic rings. The standard InChI is InChI=1S/C13H22ClN3/c1-2-7-17-13(12(14)9-16-17)11-6-4-3-5-10(11)8-15/h9-11H,2-8,15H2,1H3. The molecule has 0 aliphatic heterocycles. The molecule has 2 atom stereocenters. The maximum absolute atomic E-state index is 6.31. The maximum atomic E-state index is 6.31. The number of aromatic nitrogens is 2. The van der Waals surface area contributed by atoms with Crippen LogP contribution in [-0.4, -0.2) is 16.3 Å². The highest BCUT2D eigenvalue weighted by Crippen LogP contribution is 2.39. The minimum Gasteiger partial charge on any atom is -0.330 e. The molecule has 3 nitrogen and oxygen atoms in total. The van der Waals surface area contributed by atoms with Crippen molar-refractivity contribution in [3.8, 4) is 0 Å². The second-order valence-corrected chi connectivity index (χ2v) is 5.39. The van der Waals surface area contributed by atoms with Crippen molar-refractivity contribution in [2.45, 2.75) is 51.5 Å². The van der Waals surface area contributed by atoms with Crippen LogP contribution in [0, 0.1) is 5.92 Å². The van der Waals surface area contributed by atoms with Gasteiger partial charge in [0.15, 0.2) is 0 Å². The molecule has 96 valence electrons. The van der Waals surface area contributed by atoms with Gasteiger partial charge in [0.05, 0.1) is 16.9 Å². The average Bonchev–Trinajstić information content (AvgIpc) is 2.71. The minimum absolute atomic E-state index is 0.510. The lowest BCUT2D eigenvalue weighted by atomic mass is 9.77. The lowest BCUT2D eigenvalue weighted by Gasteiger charge is -2.31. The third-order valence-electron chi connectivity index (χ3n) is 3.83. The van der Waals surface area contributed by atoms with Crippen LogP contribution >= 0.6 is 11.6 Å². The molecule has 4 heteroatoms. The van der Waals surface area contributed by atoms with Gasteiger partial charge < -0.3 is 5.73 Å². The second-order valence-electron chi connectivity index (χ2n) is 4.99. The monoisotopic (exact) mass is 255 g/mol. The third-order valence-corrected chi connectivity index (χ3v) is 4.12. The molecule has 1 aliphatic carbocycles. The van der Waals surface area contributed by atoms with Gasteiger partial charge in [-0.05, 0) is 31.7 Å². The first kappa shape index (κ1) is 12.9. The Labute approximate surface area is 108 Å². The molecule has 0 aromatic carbocycles. The van der Waals surface area contributed by atoms with Gasteiger partial charge in [-0.25, -0.2) is 0 Å². The molecule has 1 aromatic rings. The number of rotatable bonds is 4. The van der Waals surface area contributed by atoms with Crippen molar-refractivity contribution < 1.29 is 0 Å². The summed E-state index contributed by atoms with van der Waals surface area (Å²) >= 11 is 6.31. The molecule has 2 unspecified atom stereocenters. The summed E-state index contributed by atoms with van der Waals surface area (Å²) in [7, 11) is 0. The summed E-state index contributed by atoms with van der Waals surface area (Å²) in [6.07, 6.45) is 7.90. The summed E-state index contributed by atoms with van der Waals surface area (Å²) in [6, 6.07) is 0. The number of nitrogens with two attached hydrogens (primary N) is 1. The number of halogens is 1. The molecule has 2 N–H and O–H groups in total. The number of nitrogens with zero attached hydrogens (tertiary/aromatic N) is 2. The lowest BCUT2D eigenvalue weighted by molar-refractivity contribution is 0.299. The Balaban J connectivity index is 2.26. The SMILES string of the molecule is CCCn1ncc(Cl)c1C1CCCCC1CN. The first-order chi connectivity index (χ1) is 8.27. The van der Waals surface area contributed by atoms with E-state index in [0.717, 1.165) is 24.5 Å². The van der Waals surface area contributed by atoms with E-state index >= 15 is 0 Å². The zero-order valence-electron chi connectivity index (χ0n) is 10.5. The van der Waals surface area contributed by atoms with Gasteiger partial charge in [-0.1, -0.05) is 31.4 Å². The van der Waals surface area contributed by atoms with Crippen LogP contribution < -0.4 is 5.73 Å². The van der Waals surface area contributed by atoms with Crippen molar-refractivity contribution >= 4 is 11.6 Å². The van der Waals surface area contributed by atoms with Crippen molar-refractivity contribution in [3.63, 3.8) is 0 Å². The molecule has 0 bridgehead atoms. The van der Waals surface area contributed by atoms with Crippen LogP contribution in [0.1, 0.15) is 50.6 Å². The quantitative estimate of drug-likeness (QED) is 0.898. The van der Waals surface area contributed by atoms with Crippen LogP contribution in [0.15, 0.2) is 6.20 Å². The molecule has 0 amide bonds. The van der Waals surface area contributed by atoms with Gasteiger partial charge in [-0.15, -0.1) is 0 Å². The van der Waals surface area contributed by atoms with Crippen molar-refractivity contribution in [2.24, 2.45) is 11.7 Å². The van der Waals surface area contributed by atoms with E-state index < -0.39 is 0 Å². The molecule has 2 rings (SSSR count). The molecule has 17 heavy (non-hydrogen) atoms. The normalized spacial score (nSPS) is 25.1. The molecule has 1 aromatic heterocycles. The molecule has 1 fully saturated rings. The molecular weight excluding hydrogens is 234 g/mol. The summed E-state index contributed by atoms with van der Waals surface area (Å²) in [5.41, 5.74) is 7.13. The highest BCUT2D eigenvalue weighted by atomic mass is 35.5. The van der Waals surface area contributed by atoms with E-state index in [2.05, 4.69) is 16.7 Å². The Morgan fingerprint density at radius 2 is 2.24 bits per heavy atom. The molecule has 1 saturated carbocycles. The zero-order valence-corrected chi connectivity index (χ0v) is 11.3. The predicted octanol–water partition coefficient (Wildman–Crippen LogP) is 3.18. The molecule has 1 heterocycles. The smallest absolute Gasteiger partial charge is 0.0820 e. The Kier molecular flexibility index (Phi) is 4.46. The fourth-order valence-electron chi connectivity index (χ4n) is 2.98. The Bertz CT molecular complexity index is 362. The van der Waals surface area contributed by atoms with Crippen LogP contribution in [-0.2, 0) is 6.54 Å². The first-order valence-corrected chi connectivity index (χ1v) is 7.07. The van der Waals surface area contributed by atoms with Crippen molar-refractivity contribution in [1.29, 1.82) is 0 Å². The third kappa shape index (κ3) is 2.66. The minimum atomic E-state index is 0.510. The van der Waals surface area contributed by atoms with Gasteiger partial charge in [-0.2, -0.15) is 5.10 Å². The fourth-order valence-corrected chi connectivity index (χ4v) is 3.26. The average molecular weight is 256 g/mol. The van der Waals surface area contributed by atoms with E-state index in [4.69, 9.17) is 17.3 Å². The maximum Gasteiger partial charge on any atom is 0.0820 e.